The summed E-state index contributed by atoms with van der Waals surface area (Å²) in [4.78, 5) is 13.5. The quantitative estimate of drug-likeness (QED) is 0.515. The van der Waals surface area contributed by atoms with Crippen molar-refractivity contribution in [3.63, 3.8) is 0 Å². The molecule has 0 aliphatic heterocycles. The highest BCUT2D eigenvalue weighted by molar-refractivity contribution is 7.99. The van der Waals surface area contributed by atoms with Gasteiger partial charge in [0.25, 0.3) is 5.91 Å². The van der Waals surface area contributed by atoms with Crippen LogP contribution in [0.4, 0.5) is 6.01 Å². The van der Waals surface area contributed by atoms with Gasteiger partial charge in [-0.05, 0) is 35.9 Å². The number of halogens is 2. The van der Waals surface area contributed by atoms with Crippen LogP contribution in [0.2, 0.25) is 10.0 Å². The molecule has 27 heavy (non-hydrogen) atoms. The Balaban J connectivity index is 1.64. The number of carbonyl (C=O) groups excluding carboxylic acids is 1. The van der Waals surface area contributed by atoms with Gasteiger partial charge in [0.2, 0.25) is 5.89 Å². The van der Waals surface area contributed by atoms with Crippen molar-refractivity contribution in [3.05, 3.63) is 69.5 Å². The van der Waals surface area contributed by atoms with Gasteiger partial charge in [0.05, 0.1) is 17.0 Å². The van der Waals surface area contributed by atoms with E-state index in [1.54, 1.807) is 23.9 Å². The predicted molar refractivity (Wildman–Crippen MR) is 109 cm³/mol. The third-order valence-electron chi connectivity index (χ3n) is 3.51. The lowest BCUT2D eigenvalue weighted by atomic mass is 10.1. The molecule has 140 valence electrons. The third-order valence-corrected chi connectivity index (χ3v) is 5.09. The van der Waals surface area contributed by atoms with E-state index in [2.05, 4.69) is 41.5 Å². The number of benzene rings is 2. The minimum absolute atomic E-state index is 0.0121. The number of aromatic nitrogens is 2. The van der Waals surface area contributed by atoms with Gasteiger partial charge in [0.1, 0.15) is 0 Å². The second-order valence-corrected chi connectivity index (χ2v) is 8.56. The molecule has 0 atom stereocenters. The highest BCUT2D eigenvalue weighted by atomic mass is 35.5. The molecule has 0 radical (unpaired) electrons. The molecule has 0 spiro atoms. The Morgan fingerprint density at radius 2 is 1.89 bits per heavy atom. The number of nitrogens with one attached hydrogen (secondary N) is 1. The second kappa shape index (κ2) is 8.78. The molecule has 2 aromatic carbocycles. The van der Waals surface area contributed by atoms with Crippen LogP contribution in [-0.2, 0) is 6.42 Å². The average molecular weight is 422 g/mol. The van der Waals surface area contributed by atoms with Gasteiger partial charge in [-0.2, -0.15) is 0 Å². The molecule has 1 aromatic heterocycles. The van der Waals surface area contributed by atoms with Gasteiger partial charge in [-0.1, -0.05) is 54.3 Å². The third kappa shape index (κ3) is 5.48. The molecule has 5 nitrogen and oxygen atoms in total. The van der Waals surface area contributed by atoms with E-state index in [1.165, 1.54) is 11.0 Å². The molecule has 0 fully saturated rings. The Bertz CT molecular complexity index is 942. The number of anilines is 1. The summed E-state index contributed by atoms with van der Waals surface area (Å²) < 4.78 is 5.51. The fraction of sp³-hybridized carbons (Fsp3) is 0.211. The van der Waals surface area contributed by atoms with Crippen LogP contribution in [-0.4, -0.2) is 21.4 Å². The standard InChI is InChI=1S/C19H17Cl2N3O2S/c1-11(2)27-14-6-3-12(4-7-14)9-17-23-24-19(26-17)22-18(25)15-10-13(20)5-8-16(15)21/h3-8,10-11H,9H2,1-2H3,(H,22,24,25). The Morgan fingerprint density at radius 3 is 2.59 bits per heavy atom. The Morgan fingerprint density at radius 1 is 1.15 bits per heavy atom. The van der Waals surface area contributed by atoms with E-state index >= 15 is 0 Å². The van der Waals surface area contributed by atoms with Crippen LogP contribution in [0.5, 0.6) is 0 Å². The van der Waals surface area contributed by atoms with Crippen molar-refractivity contribution < 1.29 is 9.21 Å². The summed E-state index contributed by atoms with van der Waals surface area (Å²) in [5.41, 5.74) is 1.28. The van der Waals surface area contributed by atoms with Crippen molar-refractivity contribution in [2.75, 3.05) is 5.32 Å². The summed E-state index contributed by atoms with van der Waals surface area (Å²) in [7, 11) is 0. The molecule has 1 N–H and O–H groups in total. The van der Waals surface area contributed by atoms with Crippen LogP contribution in [0.25, 0.3) is 0 Å². The number of hydrogen-bond acceptors (Lipinski definition) is 5. The summed E-state index contributed by atoms with van der Waals surface area (Å²) in [6.07, 6.45) is 0.480. The van der Waals surface area contributed by atoms with Crippen LogP contribution >= 0.6 is 35.0 Å². The maximum Gasteiger partial charge on any atom is 0.322 e. The zero-order valence-corrected chi connectivity index (χ0v) is 17.0. The van der Waals surface area contributed by atoms with Crippen molar-refractivity contribution in [2.24, 2.45) is 0 Å². The van der Waals surface area contributed by atoms with Crippen molar-refractivity contribution >= 4 is 46.9 Å². The Kier molecular flexibility index (Phi) is 6.42. The molecule has 1 heterocycles. The lowest BCUT2D eigenvalue weighted by molar-refractivity contribution is 0.102. The number of rotatable bonds is 6. The topological polar surface area (TPSA) is 68.0 Å². The Hall–Kier alpha value is -2.02. The Labute approximate surface area is 171 Å². The van der Waals surface area contributed by atoms with E-state index in [1.807, 2.05) is 12.1 Å². The first-order chi connectivity index (χ1) is 12.9. The van der Waals surface area contributed by atoms with E-state index in [0.29, 0.717) is 22.6 Å². The summed E-state index contributed by atoms with van der Waals surface area (Å²) in [6, 6.07) is 12.8. The first kappa shape index (κ1) is 19.7. The molecule has 0 aliphatic rings. The smallest absolute Gasteiger partial charge is 0.322 e. The fourth-order valence-corrected chi connectivity index (χ4v) is 3.56. The van der Waals surface area contributed by atoms with Crippen molar-refractivity contribution in [1.82, 2.24) is 10.2 Å². The van der Waals surface area contributed by atoms with Gasteiger partial charge in [-0.3, -0.25) is 10.1 Å². The molecule has 1 amide bonds. The van der Waals surface area contributed by atoms with Crippen LogP contribution in [0, 0.1) is 0 Å². The number of amides is 1. The zero-order chi connectivity index (χ0) is 19.4. The number of nitrogens with zero attached hydrogens (tertiary/aromatic N) is 2. The summed E-state index contributed by atoms with van der Waals surface area (Å²) in [5, 5.41) is 11.6. The lowest BCUT2D eigenvalue weighted by Gasteiger charge is -2.05. The highest BCUT2D eigenvalue weighted by Crippen LogP contribution is 2.24. The number of thioether (sulfide) groups is 1. The van der Waals surface area contributed by atoms with Gasteiger partial charge in [0, 0.05) is 15.2 Å². The molecule has 0 aliphatic carbocycles. The predicted octanol–water partition coefficient (Wildman–Crippen LogP) is 5.72. The summed E-state index contributed by atoms with van der Waals surface area (Å²) >= 11 is 13.7. The molecule has 3 rings (SSSR count). The van der Waals surface area contributed by atoms with Crippen molar-refractivity contribution in [2.45, 2.75) is 30.4 Å². The van der Waals surface area contributed by atoms with E-state index < -0.39 is 5.91 Å². The maximum absolute atomic E-state index is 12.3. The first-order valence-corrected chi connectivity index (χ1v) is 9.88. The monoisotopic (exact) mass is 421 g/mol. The van der Waals surface area contributed by atoms with Crippen molar-refractivity contribution in [1.29, 1.82) is 0 Å². The lowest BCUT2D eigenvalue weighted by Crippen LogP contribution is -2.12. The number of hydrogen-bond donors (Lipinski definition) is 1. The molecular weight excluding hydrogens is 405 g/mol. The van der Waals surface area contributed by atoms with E-state index in [0.717, 1.165) is 5.56 Å². The largest absolute Gasteiger partial charge is 0.407 e. The SMILES string of the molecule is CC(C)Sc1ccc(Cc2nnc(NC(=O)c3cc(Cl)ccc3Cl)o2)cc1. The number of carbonyl (C=O) groups is 1. The van der Waals surface area contributed by atoms with E-state index in [-0.39, 0.29) is 16.6 Å². The summed E-state index contributed by atoms with van der Waals surface area (Å²) in [5.74, 6) is -0.0560. The fourth-order valence-electron chi connectivity index (χ4n) is 2.34. The molecule has 3 aromatic rings. The van der Waals surface area contributed by atoms with Gasteiger partial charge in [0.15, 0.2) is 0 Å². The molecule has 8 heteroatoms. The van der Waals surface area contributed by atoms with Crippen LogP contribution in [0.3, 0.4) is 0 Å². The first-order valence-electron chi connectivity index (χ1n) is 8.25. The van der Waals surface area contributed by atoms with Gasteiger partial charge < -0.3 is 4.42 Å². The highest BCUT2D eigenvalue weighted by Gasteiger charge is 2.15. The molecule has 0 saturated heterocycles. The maximum atomic E-state index is 12.3. The normalized spacial score (nSPS) is 11.0. The van der Waals surface area contributed by atoms with Crippen LogP contribution in [0.1, 0.15) is 35.7 Å². The average Bonchev–Trinajstić information content (AvgIpc) is 3.05. The summed E-state index contributed by atoms with van der Waals surface area (Å²) in [6.45, 7) is 4.31. The van der Waals surface area contributed by atoms with Crippen molar-refractivity contribution in [3.8, 4) is 0 Å². The molecule has 0 unspecified atom stereocenters. The van der Waals surface area contributed by atoms with Gasteiger partial charge >= 0.3 is 6.01 Å². The van der Waals surface area contributed by atoms with Gasteiger partial charge in [-0.25, -0.2) is 0 Å². The minimum Gasteiger partial charge on any atom is -0.407 e. The van der Waals surface area contributed by atoms with Crippen LogP contribution in [0.15, 0.2) is 51.8 Å². The molecule has 0 saturated carbocycles. The second-order valence-electron chi connectivity index (χ2n) is 6.07. The zero-order valence-electron chi connectivity index (χ0n) is 14.7. The molecular formula is C19H17Cl2N3O2S. The van der Waals surface area contributed by atoms with Gasteiger partial charge in [-0.15, -0.1) is 16.9 Å². The van der Waals surface area contributed by atoms with Crippen LogP contribution < -0.4 is 5.32 Å². The molecule has 0 bridgehead atoms. The van der Waals surface area contributed by atoms with E-state index in [4.69, 9.17) is 27.6 Å². The minimum atomic E-state index is -0.465. The van der Waals surface area contributed by atoms with E-state index in [9.17, 15) is 4.79 Å².